The van der Waals surface area contributed by atoms with Crippen molar-refractivity contribution >= 4 is 19.2 Å². The Bertz CT molecular complexity index is 1000. The van der Waals surface area contributed by atoms with E-state index in [1.54, 1.807) is 0 Å². The van der Waals surface area contributed by atoms with Crippen molar-refractivity contribution in [1.82, 2.24) is 5.32 Å². The van der Waals surface area contributed by atoms with Gasteiger partial charge in [-0.05, 0) is 81.3 Å². The summed E-state index contributed by atoms with van der Waals surface area (Å²) in [5, 5.41) is 5.09. The standard InChI is InChI=1S/C28H41NO3Si/c1-10-31-27(30)25(32-28(4,5)6)24-18(2)21-17-29-22(16-20-14-12-11-13-15-20)23(21)19(3)26(24)33(7,8)9/h11-15,22,25,29H,10,16-17H2,1-9H3/t22-,25?/m0/s1. The van der Waals surface area contributed by atoms with Crippen LogP contribution < -0.4 is 10.5 Å². The molecule has 0 saturated heterocycles. The van der Waals surface area contributed by atoms with E-state index in [0.29, 0.717) is 6.61 Å². The maximum absolute atomic E-state index is 13.2. The number of benzene rings is 2. The highest BCUT2D eigenvalue weighted by Crippen LogP contribution is 2.39. The topological polar surface area (TPSA) is 47.6 Å². The van der Waals surface area contributed by atoms with Crippen molar-refractivity contribution in [1.29, 1.82) is 0 Å². The summed E-state index contributed by atoms with van der Waals surface area (Å²) in [4.78, 5) is 13.2. The molecule has 2 aromatic rings. The van der Waals surface area contributed by atoms with E-state index < -0.39 is 19.8 Å². The predicted octanol–water partition coefficient (Wildman–Crippen LogP) is 5.65. The summed E-state index contributed by atoms with van der Waals surface area (Å²) in [6.45, 7) is 20.5. The van der Waals surface area contributed by atoms with Gasteiger partial charge in [-0.1, -0.05) is 55.2 Å². The van der Waals surface area contributed by atoms with Crippen LogP contribution in [0.15, 0.2) is 30.3 Å². The number of carbonyl (C=O) groups is 1. The normalized spacial score (nSPS) is 17.1. The van der Waals surface area contributed by atoms with Gasteiger partial charge in [-0.25, -0.2) is 4.79 Å². The van der Waals surface area contributed by atoms with Crippen LogP contribution in [0.25, 0.3) is 0 Å². The fourth-order valence-corrected chi connectivity index (χ4v) is 7.64. The second-order valence-corrected chi connectivity index (χ2v) is 16.2. The number of rotatable bonds is 7. The highest BCUT2D eigenvalue weighted by atomic mass is 28.3. The molecule has 3 rings (SSSR count). The summed E-state index contributed by atoms with van der Waals surface area (Å²) in [5.74, 6) is -0.291. The lowest BCUT2D eigenvalue weighted by Crippen LogP contribution is -2.46. The fraction of sp³-hybridized carbons (Fsp3) is 0.536. The molecular formula is C28H41NO3Si. The monoisotopic (exact) mass is 467 g/mol. The maximum atomic E-state index is 13.2. The number of ether oxygens (including phenoxy) is 2. The van der Waals surface area contributed by atoms with Gasteiger partial charge >= 0.3 is 5.97 Å². The van der Waals surface area contributed by atoms with E-state index in [-0.39, 0.29) is 12.0 Å². The summed E-state index contributed by atoms with van der Waals surface area (Å²) >= 11 is 0. The lowest BCUT2D eigenvalue weighted by molar-refractivity contribution is -0.166. The first-order chi connectivity index (χ1) is 15.3. The third-order valence-electron chi connectivity index (χ3n) is 6.37. The summed E-state index contributed by atoms with van der Waals surface area (Å²) in [5.41, 5.74) is 7.13. The van der Waals surface area contributed by atoms with Gasteiger partial charge in [0.05, 0.1) is 20.3 Å². The molecular weight excluding hydrogens is 426 g/mol. The van der Waals surface area contributed by atoms with Crippen molar-refractivity contribution in [2.45, 2.75) is 91.9 Å². The lowest BCUT2D eigenvalue weighted by Gasteiger charge is -2.34. The van der Waals surface area contributed by atoms with Gasteiger partial charge in [0.25, 0.3) is 0 Å². The first kappa shape index (κ1) is 25.7. The Hall–Kier alpha value is -1.95. The summed E-state index contributed by atoms with van der Waals surface area (Å²) in [6.07, 6.45) is 0.238. The van der Waals surface area contributed by atoms with Crippen LogP contribution in [-0.2, 0) is 27.2 Å². The largest absolute Gasteiger partial charge is 0.464 e. The molecule has 0 radical (unpaired) electrons. The minimum atomic E-state index is -1.84. The molecule has 0 aliphatic carbocycles. The molecule has 1 aliphatic heterocycles. The zero-order chi connectivity index (χ0) is 24.6. The fourth-order valence-electron chi connectivity index (χ4n) is 5.26. The first-order valence-corrected chi connectivity index (χ1v) is 15.6. The molecule has 180 valence electrons. The van der Waals surface area contributed by atoms with Crippen molar-refractivity contribution in [2.75, 3.05) is 6.61 Å². The molecule has 0 fully saturated rings. The van der Waals surface area contributed by atoms with Crippen LogP contribution in [0.3, 0.4) is 0 Å². The third-order valence-corrected chi connectivity index (χ3v) is 8.52. The van der Waals surface area contributed by atoms with Gasteiger partial charge in [-0.15, -0.1) is 0 Å². The van der Waals surface area contributed by atoms with Gasteiger partial charge < -0.3 is 14.8 Å². The second kappa shape index (κ2) is 9.73. The molecule has 1 heterocycles. The molecule has 1 N–H and O–H groups in total. The van der Waals surface area contributed by atoms with Crippen molar-refractivity contribution in [3.8, 4) is 0 Å². The summed E-state index contributed by atoms with van der Waals surface area (Å²) in [6, 6.07) is 10.9. The van der Waals surface area contributed by atoms with Crippen molar-refractivity contribution in [2.24, 2.45) is 0 Å². The van der Waals surface area contributed by atoms with Gasteiger partial charge in [0, 0.05) is 12.6 Å². The molecule has 5 heteroatoms. The molecule has 0 amide bonds. The predicted molar refractivity (Wildman–Crippen MR) is 139 cm³/mol. The van der Waals surface area contributed by atoms with E-state index in [2.05, 4.69) is 69.1 Å². The number of carbonyl (C=O) groups excluding carboxylic acids is 1. The average Bonchev–Trinajstić information content (AvgIpc) is 3.12. The average molecular weight is 468 g/mol. The van der Waals surface area contributed by atoms with E-state index in [0.717, 1.165) is 18.5 Å². The molecule has 2 atom stereocenters. The molecule has 4 nitrogen and oxygen atoms in total. The molecule has 0 spiro atoms. The zero-order valence-corrected chi connectivity index (χ0v) is 22.9. The van der Waals surface area contributed by atoms with Crippen LogP contribution in [-0.4, -0.2) is 26.3 Å². The zero-order valence-electron chi connectivity index (χ0n) is 21.9. The van der Waals surface area contributed by atoms with Crippen LogP contribution in [0.2, 0.25) is 19.6 Å². The Balaban J connectivity index is 2.22. The SMILES string of the molecule is CCOC(=O)C(OC(C)(C)C)c1c(C)c2c(c(C)c1[Si](C)(C)C)[C@H](Cc1ccccc1)NC2. The minimum Gasteiger partial charge on any atom is -0.464 e. The molecule has 0 bridgehead atoms. The van der Waals surface area contributed by atoms with Crippen molar-refractivity contribution in [3.63, 3.8) is 0 Å². The van der Waals surface area contributed by atoms with Crippen molar-refractivity contribution < 1.29 is 14.3 Å². The van der Waals surface area contributed by atoms with Gasteiger partial charge in [-0.3, -0.25) is 0 Å². The number of hydrogen-bond donors (Lipinski definition) is 1. The molecule has 1 aliphatic rings. The maximum Gasteiger partial charge on any atom is 0.339 e. The highest BCUT2D eigenvalue weighted by molar-refractivity contribution is 6.89. The smallest absolute Gasteiger partial charge is 0.339 e. The Morgan fingerprint density at radius 2 is 1.76 bits per heavy atom. The van der Waals surface area contributed by atoms with E-state index in [4.69, 9.17) is 9.47 Å². The minimum absolute atomic E-state index is 0.273. The first-order valence-electron chi connectivity index (χ1n) is 12.1. The molecule has 2 aromatic carbocycles. The third kappa shape index (κ3) is 5.59. The number of hydrogen-bond acceptors (Lipinski definition) is 4. The van der Waals surface area contributed by atoms with Crippen LogP contribution in [0.5, 0.6) is 0 Å². The van der Waals surface area contributed by atoms with Crippen LogP contribution in [0, 0.1) is 13.8 Å². The molecule has 33 heavy (non-hydrogen) atoms. The number of esters is 1. The molecule has 0 aromatic heterocycles. The van der Waals surface area contributed by atoms with Crippen LogP contribution in [0.4, 0.5) is 0 Å². The Labute approximate surface area is 201 Å². The lowest BCUT2D eigenvalue weighted by atomic mass is 9.87. The van der Waals surface area contributed by atoms with Crippen LogP contribution >= 0.6 is 0 Å². The highest BCUT2D eigenvalue weighted by Gasteiger charge is 2.39. The van der Waals surface area contributed by atoms with Gasteiger partial charge in [0.1, 0.15) is 0 Å². The van der Waals surface area contributed by atoms with Crippen molar-refractivity contribution in [3.05, 3.63) is 63.7 Å². The van der Waals surface area contributed by atoms with E-state index in [1.807, 2.05) is 27.7 Å². The second-order valence-electron chi connectivity index (χ2n) is 11.2. The molecule has 0 saturated carbocycles. The number of fused-ring (bicyclic) bond motifs is 1. The van der Waals surface area contributed by atoms with Gasteiger partial charge in [0.2, 0.25) is 0 Å². The van der Waals surface area contributed by atoms with E-state index >= 15 is 0 Å². The summed E-state index contributed by atoms with van der Waals surface area (Å²) < 4.78 is 11.9. The van der Waals surface area contributed by atoms with Gasteiger partial charge in [0.15, 0.2) is 6.10 Å². The Morgan fingerprint density at radius 1 is 1.12 bits per heavy atom. The molecule has 1 unspecified atom stereocenters. The van der Waals surface area contributed by atoms with Crippen LogP contribution in [0.1, 0.15) is 73.2 Å². The Morgan fingerprint density at radius 3 is 2.30 bits per heavy atom. The summed E-state index contributed by atoms with van der Waals surface area (Å²) in [7, 11) is -1.84. The van der Waals surface area contributed by atoms with Gasteiger partial charge in [-0.2, -0.15) is 0 Å². The Kier molecular flexibility index (Phi) is 7.57. The number of nitrogens with one attached hydrogen (secondary N) is 1. The van der Waals surface area contributed by atoms with E-state index in [9.17, 15) is 4.79 Å². The quantitative estimate of drug-likeness (QED) is 0.422. The van der Waals surface area contributed by atoms with E-state index in [1.165, 1.54) is 33.0 Å².